The SMILES string of the molecule is Fc1ccc(CN2CCCN(CC3CCNCC3)CC2)cc1. The maximum absolute atomic E-state index is 13.0. The van der Waals surface area contributed by atoms with Crippen LogP contribution in [0.15, 0.2) is 24.3 Å². The summed E-state index contributed by atoms with van der Waals surface area (Å²) in [5.74, 6) is 0.734. The molecule has 0 radical (unpaired) electrons. The van der Waals surface area contributed by atoms with Crippen LogP contribution < -0.4 is 5.32 Å². The van der Waals surface area contributed by atoms with Crippen LogP contribution in [0.4, 0.5) is 4.39 Å². The molecule has 0 spiro atoms. The van der Waals surface area contributed by atoms with Gasteiger partial charge in [0.1, 0.15) is 5.82 Å². The first-order chi connectivity index (χ1) is 10.8. The highest BCUT2D eigenvalue weighted by molar-refractivity contribution is 5.15. The van der Waals surface area contributed by atoms with Gasteiger partial charge in [0.05, 0.1) is 0 Å². The number of hydrogen-bond donors (Lipinski definition) is 1. The topological polar surface area (TPSA) is 18.5 Å². The van der Waals surface area contributed by atoms with Gasteiger partial charge in [-0.2, -0.15) is 0 Å². The van der Waals surface area contributed by atoms with E-state index in [9.17, 15) is 4.39 Å². The highest BCUT2D eigenvalue weighted by atomic mass is 19.1. The van der Waals surface area contributed by atoms with Gasteiger partial charge in [-0.25, -0.2) is 4.39 Å². The second kappa shape index (κ2) is 8.04. The van der Waals surface area contributed by atoms with Crippen molar-refractivity contribution in [1.29, 1.82) is 0 Å². The lowest BCUT2D eigenvalue weighted by molar-refractivity contribution is 0.204. The van der Waals surface area contributed by atoms with Crippen LogP contribution in [0.3, 0.4) is 0 Å². The van der Waals surface area contributed by atoms with Crippen LogP contribution in [-0.4, -0.2) is 55.6 Å². The predicted molar refractivity (Wildman–Crippen MR) is 88.3 cm³/mol. The number of nitrogens with zero attached hydrogens (tertiary/aromatic N) is 2. The molecule has 0 unspecified atom stereocenters. The van der Waals surface area contributed by atoms with Gasteiger partial charge < -0.3 is 10.2 Å². The second-order valence-electron chi connectivity index (χ2n) is 6.75. The molecular weight excluding hydrogens is 277 g/mol. The van der Waals surface area contributed by atoms with E-state index in [1.807, 2.05) is 12.1 Å². The second-order valence-corrected chi connectivity index (χ2v) is 6.75. The lowest BCUT2D eigenvalue weighted by atomic mass is 9.97. The number of benzene rings is 1. The molecule has 0 saturated carbocycles. The Morgan fingerprint density at radius 3 is 2.41 bits per heavy atom. The summed E-state index contributed by atoms with van der Waals surface area (Å²) in [4.78, 5) is 5.16. The van der Waals surface area contributed by atoms with Gasteiger partial charge >= 0.3 is 0 Å². The zero-order chi connectivity index (χ0) is 15.2. The quantitative estimate of drug-likeness (QED) is 0.921. The van der Waals surface area contributed by atoms with E-state index < -0.39 is 0 Å². The molecule has 2 fully saturated rings. The zero-order valence-corrected chi connectivity index (χ0v) is 13.4. The highest BCUT2D eigenvalue weighted by Gasteiger charge is 2.20. The van der Waals surface area contributed by atoms with Gasteiger partial charge in [-0.3, -0.25) is 4.90 Å². The number of rotatable bonds is 4. The summed E-state index contributed by atoms with van der Waals surface area (Å²) in [6.07, 6.45) is 3.90. The number of piperidine rings is 1. The Hall–Kier alpha value is -0.970. The Labute approximate surface area is 133 Å². The predicted octanol–water partition coefficient (Wildman–Crippen LogP) is 2.33. The van der Waals surface area contributed by atoms with Crippen molar-refractivity contribution in [3.8, 4) is 0 Å². The lowest BCUT2D eigenvalue weighted by Gasteiger charge is -2.29. The Kier molecular flexibility index (Phi) is 5.82. The van der Waals surface area contributed by atoms with Gasteiger partial charge in [0.25, 0.3) is 0 Å². The van der Waals surface area contributed by atoms with E-state index in [1.54, 1.807) is 12.1 Å². The Morgan fingerprint density at radius 1 is 0.955 bits per heavy atom. The molecule has 1 aromatic carbocycles. The van der Waals surface area contributed by atoms with Gasteiger partial charge in [-0.15, -0.1) is 0 Å². The third kappa shape index (κ3) is 4.77. The molecule has 2 aliphatic rings. The van der Waals surface area contributed by atoms with E-state index in [0.29, 0.717) is 0 Å². The number of hydrogen-bond acceptors (Lipinski definition) is 3. The van der Waals surface area contributed by atoms with Gasteiger partial charge in [0.2, 0.25) is 0 Å². The third-order valence-electron chi connectivity index (χ3n) is 4.98. The minimum Gasteiger partial charge on any atom is -0.317 e. The van der Waals surface area contributed by atoms with Crippen molar-refractivity contribution in [1.82, 2.24) is 15.1 Å². The summed E-state index contributed by atoms with van der Waals surface area (Å²) in [5.41, 5.74) is 1.22. The molecule has 0 aliphatic carbocycles. The maximum atomic E-state index is 13.0. The Balaban J connectivity index is 1.46. The van der Waals surface area contributed by atoms with Gasteiger partial charge in [-0.05, 0) is 69.1 Å². The molecule has 2 heterocycles. The van der Waals surface area contributed by atoms with Crippen LogP contribution in [-0.2, 0) is 6.54 Å². The smallest absolute Gasteiger partial charge is 0.123 e. The van der Waals surface area contributed by atoms with Crippen molar-refractivity contribution in [3.05, 3.63) is 35.6 Å². The molecule has 0 aromatic heterocycles. The van der Waals surface area contributed by atoms with Crippen molar-refractivity contribution in [2.24, 2.45) is 5.92 Å². The van der Waals surface area contributed by atoms with Crippen LogP contribution in [0.5, 0.6) is 0 Å². The number of nitrogens with one attached hydrogen (secondary N) is 1. The van der Waals surface area contributed by atoms with E-state index in [4.69, 9.17) is 0 Å². The fraction of sp³-hybridized carbons (Fsp3) is 0.667. The molecule has 0 amide bonds. The summed E-state index contributed by atoms with van der Waals surface area (Å²) in [6.45, 7) is 9.27. The Morgan fingerprint density at radius 2 is 1.64 bits per heavy atom. The number of halogens is 1. The molecule has 22 heavy (non-hydrogen) atoms. The van der Waals surface area contributed by atoms with Crippen LogP contribution in [0.1, 0.15) is 24.8 Å². The summed E-state index contributed by atoms with van der Waals surface area (Å²) in [7, 11) is 0. The average molecular weight is 305 g/mol. The lowest BCUT2D eigenvalue weighted by Crippen LogP contribution is -2.38. The van der Waals surface area contributed by atoms with Crippen molar-refractivity contribution in [3.63, 3.8) is 0 Å². The molecule has 0 bridgehead atoms. The zero-order valence-electron chi connectivity index (χ0n) is 13.4. The first-order valence-electron chi connectivity index (χ1n) is 8.69. The molecule has 0 atom stereocenters. The van der Waals surface area contributed by atoms with Gasteiger partial charge in [0.15, 0.2) is 0 Å². The minimum absolute atomic E-state index is 0.146. The molecule has 1 N–H and O–H groups in total. The van der Waals surface area contributed by atoms with Crippen molar-refractivity contribution < 1.29 is 4.39 Å². The fourth-order valence-electron chi connectivity index (χ4n) is 3.64. The molecule has 122 valence electrons. The van der Waals surface area contributed by atoms with Crippen molar-refractivity contribution in [2.75, 3.05) is 45.8 Å². The summed E-state index contributed by atoms with van der Waals surface area (Å²) < 4.78 is 13.0. The summed E-state index contributed by atoms with van der Waals surface area (Å²) >= 11 is 0. The van der Waals surface area contributed by atoms with Crippen LogP contribution in [0.25, 0.3) is 0 Å². The van der Waals surface area contributed by atoms with E-state index in [1.165, 1.54) is 57.5 Å². The molecule has 2 saturated heterocycles. The van der Waals surface area contributed by atoms with E-state index in [2.05, 4.69) is 15.1 Å². The molecular formula is C18H28FN3. The molecule has 3 rings (SSSR count). The maximum Gasteiger partial charge on any atom is 0.123 e. The molecule has 2 aliphatic heterocycles. The standard InChI is InChI=1S/C18H28FN3/c19-18-4-2-16(3-5-18)14-21-10-1-11-22(13-12-21)15-17-6-8-20-9-7-17/h2-5,17,20H,1,6-15H2. The average Bonchev–Trinajstić information content (AvgIpc) is 2.76. The first-order valence-corrected chi connectivity index (χ1v) is 8.69. The largest absolute Gasteiger partial charge is 0.317 e. The minimum atomic E-state index is -0.146. The first kappa shape index (κ1) is 15.9. The van der Waals surface area contributed by atoms with Crippen molar-refractivity contribution >= 4 is 0 Å². The molecule has 4 heteroatoms. The van der Waals surface area contributed by atoms with E-state index in [0.717, 1.165) is 25.6 Å². The summed E-state index contributed by atoms with van der Waals surface area (Å²) in [5, 5.41) is 3.45. The van der Waals surface area contributed by atoms with E-state index in [-0.39, 0.29) is 5.82 Å². The van der Waals surface area contributed by atoms with Gasteiger partial charge in [0, 0.05) is 26.2 Å². The highest BCUT2D eigenvalue weighted by Crippen LogP contribution is 2.16. The summed E-state index contributed by atoms with van der Waals surface area (Å²) in [6, 6.07) is 6.95. The van der Waals surface area contributed by atoms with Crippen LogP contribution >= 0.6 is 0 Å². The third-order valence-corrected chi connectivity index (χ3v) is 4.98. The van der Waals surface area contributed by atoms with Crippen molar-refractivity contribution in [2.45, 2.75) is 25.8 Å². The van der Waals surface area contributed by atoms with E-state index >= 15 is 0 Å². The molecule has 3 nitrogen and oxygen atoms in total. The Bertz CT molecular complexity index is 442. The van der Waals surface area contributed by atoms with Gasteiger partial charge in [-0.1, -0.05) is 12.1 Å². The monoisotopic (exact) mass is 305 g/mol. The molecule has 1 aromatic rings. The normalized spacial score (nSPS) is 22.6. The fourth-order valence-corrected chi connectivity index (χ4v) is 3.64. The van der Waals surface area contributed by atoms with Crippen LogP contribution in [0, 0.1) is 11.7 Å². The van der Waals surface area contributed by atoms with Crippen LogP contribution in [0.2, 0.25) is 0 Å².